The lowest BCUT2D eigenvalue weighted by molar-refractivity contribution is 0.602. The van der Waals surface area contributed by atoms with E-state index < -0.39 is 0 Å². The number of benzene rings is 1. The number of rotatable bonds is 3. The van der Waals surface area contributed by atoms with E-state index in [9.17, 15) is 0 Å². The maximum absolute atomic E-state index is 3.42. The van der Waals surface area contributed by atoms with Crippen LogP contribution >= 0.6 is 0 Å². The molecule has 1 unspecified atom stereocenters. The minimum absolute atomic E-state index is 0.413. The van der Waals surface area contributed by atoms with Crippen LogP contribution < -0.4 is 5.32 Å². The Hall–Kier alpha value is -14.0. The molecule has 2 nitrogen and oxygen atoms in total. The molecule has 1 aromatic carbocycles. The molecule has 2 N–H and O–H groups in total. The quantitative estimate of drug-likeness (QED) is 0.450. The lowest BCUT2D eigenvalue weighted by Crippen LogP contribution is -2.17. The molecule has 2 rings (SSSR count). The van der Waals surface area contributed by atoms with E-state index >= 15 is 0 Å². The van der Waals surface area contributed by atoms with Crippen molar-refractivity contribution in [2.45, 2.75) is 33.7 Å². The van der Waals surface area contributed by atoms with Gasteiger partial charge in [-0.25, -0.2) is 0 Å². The summed E-state index contributed by atoms with van der Waals surface area (Å²) in [6.07, 6.45) is 2.10. The van der Waals surface area contributed by atoms with Gasteiger partial charge in [0.15, 0.2) is 0 Å². The molecule has 74 heavy (non-hydrogen) atoms. The zero-order valence-corrected chi connectivity index (χ0v) is 39.7. The van der Waals surface area contributed by atoms with E-state index in [4.69, 9.17) is 0 Å². The van der Waals surface area contributed by atoms with Gasteiger partial charge >= 0.3 is 0 Å². The largest absolute Gasteiger partial charge is 0.361 e. The molecular weight excluding hydrogens is 893 g/mol. The highest BCUT2D eigenvalue weighted by atomic mass is 14.9. The first kappa shape index (κ1) is 58.0. The van der Waals surface area contributed by atoms with E-state index in [1.165, 1.54) is 16.5 Å². The van der Waals surface area contributed by atoms with Gasteiger partial charge in [0.25, 0.3) is 0 Å². The van der Waals surface area contributed by atoms with E-state index in [1.54, 1.807) is 13.8 Å². The van der Waals surface area contributed by atoms with Crippen molar-refractivity contribution in [2.75, 3.05) is 6.54 Å². The Labute approximate surface area is 438 Å². The van der Waals surface area contributed by atoms with Gasteiger partial charge in [-0.05, 0) is 134 Å². The molecule has 0 aliphatic carbocycles. The molecule has 0 fully saturated rings. The maximum Gasteiger partial charge on any atom is 0.0457 e. The van der Waals surface area contributed by atoms with Crippen LogP contribution in [0.5, 0.6) is 0 Å². The molecule has 1 aromatic heterocycles. The van der Waals surface area contributed by atoms with Gasteiger partial charge < -0.3 is 10.3 Å². The SMILES string of the molecule is CC#CC#CC#CC#CC#CC#CC#CC#CC#CC#CC#CC#CC#CC#CC#CC#CC#CC#CC#CC#CC#CC#CC#CC#CC#CC#CC#CC#CC#CC.CCNC(C)c1c[nH]c2ccccc12. The summed E-state index contributed by atoms with van der Waals surface area (Å²) >= 11 is 0. The van der Waals surface area contributed by atoms with Gasteiger partial charge in [-0.1, -0.05) is 37.0 Å². The third kappa shape index (κ3) is 38.4. The second kappa shape index (κ2) is 48.4. The Morgan fingerprint density at radius 3 is 0.689 bits per heavy atom. The number of nitrogens with one attached hydrogen (secondary N) is 2. The van der Waals surface area contributed by atoms with Crippen molar-refractivity contribution in [1.29, 1.82) is 0 Å². The van der Waals surface area contributed by atoms with Gasteiger partial charge in [-0.15, -0.1) is 0 Å². The first-order valence-corrected chi connectivity index (χ1v) is 20.4. The molecule has 2 aromatic rings. The van der Waals surface area contributed by atoms with Crippen LogP contribution in [0, 0.1) is 343 Å². The molecule has 1 atom stereocenters. The Bertz CT molecular complexity index is 4290. The normalized spacial score (nSPS) is 5.73. The Kier molecular flexibility index (Phi) is 37.9. The van der Waals surface area contributed by atoms with Gasteiger partial charge in [0.05, 0.1) is 0 Å². The number of H-pyrrole nitrogens is 1. The average Bonchev–Trinajstić information content (AvgIpc) is 3.86. The van der Waals surface area contributed by atoms with Gasteiger partial charge in [0.1, 0.15) is 0 Å². The van der Waals surface area contributed by atoms with Gasteiger partial charge in [-0.3, -0.25) is 0 Å². The molecule has 0 aliphatic heterocycles. The number of aromatic nitrogens is 1. The molecule has 0 spiro atoms. The molecule has 1 heterocycles. The Morgan fingerprint density at radius 1 is 0.311 bits per heavy atom. The summed E-state index contributed by atoms with van der Waals surface area (Å²) in [7, 11) is 0. The molecule has 0 amide bonds. The van der Waals surface area contributed by atoms with E-state index in [1.807, 2.05) is 0 Å². The highest BCUT2D eigenvalue weighted by molar-refractivity contribution is 5.83. The van der Waals surface area contributed by atoms with Crippen LogP contribution in [0.15, 0.2) is 30.5 Å². The molecule has 320 valence electrons. The number of para-hydroxylation sites is 1. The van der Waals surface area contributed by atoms with Crippen LogP contribution in [0.25, 0.3) is 10.9 Å². The van der Waals surface area contributed by atoms with Crippen molar-refractivity contribution < 1.29 is 0 Å². The molecule has 0 aliphatic rings. The minimum Gasteiger partial charge on any atom is -0.361 e. The number of hydrogen-bond donors (Lipinski definition) is 2. The van der Waals surface area contributed by atoms with Crippen LogP contribution in [0.3, 0.4) is 0 Å². The van der Waals surface area contributed by atoms with Gasteiger partial charge in [0.2, 0.25) is 0 Å². The summed E-state index contributed by atoms with van der Waals surface area (Å²) in [6, 6.07) is 8.82. The second-order valence-electron chi connectivity index (χ2n) is 11.1. The van der Waals surface area contributed by atoms with Crippen LogP contribution in [0.1, 0.15) is 39.3 Å². The molecule has 0 bridgehead atoms. The van der Waals surface area contributed by atoms with E-state index in [-0.39, 0.29) is 0 Å². The lowest BCUT2D eigenvalue weighted by atomic mass is 10.1. The zero-order chi connectivity index (χ0) is 53.0. The fraction of sp³-hybridized carbons (Fsp3) is 0.0833. The van der Waals surface area contributed by atoms with Crippen molar-refractivity contribution in [3.8, 4) is 343 Å². The highest BCUT2D eigenvalue weighted by Gasteiger charge is 2.08. The van der Waals surface area contributed by atoms with E-state index in [2.05, 4.69) is 398 Å². The minimum atomic E-state index is 0.413. The third-order valence-electron chi connectivity index (χ3n) is 6.29. The summed E-state index contributed by atoms with van der Waals surface area (Å²) in [4.78, 5) is 3.29. The average molecular weight is 915 g/mol. The maximum atomic E-state index is 3.42. The zero-order valence-electron chi connectivity index (χ0n) is 39.7. The molecule has 2 heteroatoms. The van der Waals surface area contributed by atoms with Crippen molar-refractivity contribution in [3.05, 3.63) is 36.0 Å². The van der Waals surface area contributed by atoms with Gasteiger partial charge in [0, 0.05) is 260 Å². The first-order chi connectivity index (χ1) is 36.7. The molecule has 0 radical (unpaired) electrons. The summed E-state index contributed by atoms with van der Waals surface area (Å²) in [5.74, 6) is 146. The number of fused-ring (bicyclic) bond motifs is 1. The summed E-state index contributed by atoms with van der Waals surface area (Å²) < 4.78 is 0. The predicted molar refractivity (Wildman–Crippen MR) is 297 cm³/mol. The second-order valence-corrected chi connectivity index (χ2v) is 11.1. The standard InChI is InChI=1S/C60H6.C12H16N2/c1-3-5-7-9-11-13-15-17-19-21-23-25-27-29-31-33-35-37-39-41-43-45-47-49-51-53-55-57-59-60-58-56-54-52-50-48-46-44-42-40-38-36-34-32-30-28-26-24-22-20-18-16-14-12-10-8-6-4-2;1-3-13-9(2)11-8-14-12-7-5-4-6-10(11)12/h1-2H3;4-9,13-14H,3H2,1-2H3. The summed E-state index contributed by atoms with van der Waals surface area (Å²) in [6.45, 7) is 8.70. The van der Waals surface area contributed by atoms with Crippen molar-refractivity contribution in [2.24, 2.45) is 0 Å². The van der Waals surface area contributed by atoms with E-state index in [0.717, 1.165) is 6.54 Å². The number of aromatic amines is 1. The van der Waals surface area contributed by atoms with Crippen LogP contribution in [-0.2, 0) is 0 Å². The van der Waals surface area contributed by atoms with Crippen LogP contribution in [0.4, 0.5) is 0 Å². The van der Waals surface area contributed by atoms with Crippen molar-refractivity contribution in [1.82, 2.24) is 10.3 Å². The smallest absolute Gasteiger partial charge is 0.0457 e. The van der Waals surface area contributed by atoms with Crippen LogP contribution in [-0.4, -0.2) is 11.5 Å². The van der Waals surface area contributed by atoms with Crippen molar-refractivity contribution >= 4 is 10.9 Å². The fourth-order valence-electron chi connectivity index (χ4n) is 3.68. The monoisotopic (exact) mass is 914 g/mol. The summed E-state index contributed by atoms with van der Waals surface area (Å²) in [5.41, 5.74) is 2.56. The highest BCUT2D eigenvalue weighted by Crippen LogP contribution is 2.23. The molecular formula is C72H22N2. The number of hydrogen-bond acceptors (Lipinski definition) is 1. The molecule has 0 saturated heterocycles. The predicted octanol–water partition coefficient (Wildman–Crippen LogP) is 3.96. The summed E-state index contributed by atoms with van der Waals surface area (Å²) in [5, 5.41) is 4.74. The fourth-order valence-corrected chi connectivity index (χ4v) is 3.68. The molecule has 0 saturated carbocycles. The van der Waals surface area contributed by atoms with Gasteiger partial charge in [-0.2, -0.15) is 0 Å². The lowest BCUT2D eigenvalue weighted by Gasteiger charge is -2.10. The van der Waals surface area contributed by atoms with Crippen molar-refractivity contribution in [3.63, 3.8) is 0 Å². The Balaban J connectivity index is 0.00000165. The topological polar surface area (TPSA) is 27.8 Å². The van der Waals surface area contributed by atoms with Crippen LogP contribution in [0.2, 0.25) is 0 Å². The Morgan fingerprint density at radius 2 is 0.500 bits per heavy atom. The van der Waals surface area contributed by atoms with E-state index in [0.29, 0.717) is 6.04 Å². The third-order valence-corrected chi connectivity index (χ3v) is 6.29. The first-order valence-electron chi connectivity index (χ1n) is 20.4.